The third-order valence-electron chi connectivity index (χ3n) is 1.47. The molecule has 8 heavy (non-hydrogen) atoms. The molecule has 0 aromatic carbocycles. The Bertz CT molecular complexity index is 68.9. The molecule has 2 nitrogen and oxygen atoms in total. The Hall–Kier alpha value is -0.0800. The van der Waals surface area contributed by atoms with E-state index in [0.29, 0.717) is 12.0 Å². The predicted molar refractivity (Wildman–Crippen MR) is 29.8 cm³/mol. The van der Waals surface area contributed by atoms with Crippen molar-refractivity contribution in [1.82, 2.24) is 0 Å². The topological polar surface area (TPSA) is 32.8 Å². The monoisotopic (exact) mass is 115 g/mol. The van der Waals surface area contributed by atoms with Gasteiger partial charge in [0.1, 0.15) is 0 Å². The largest absolute Gasteiger partial charge is 0.390 e. The molecular formula is C6H11O2. The average molecular weight is 115 g/mol. The minimum Gasteiger partial charge on any atom is -0.390 e. The van der Waals surface area contributed by atoms with Crippen molar-refractivity contribution in [2.45, 2.75) is 19.4 Å². The molecule has 0 bridgehead atoms. The second-order valence-electron chi connectivity index (χ2n) is 2.27. The SMILES string of the molecule is CC(C[CH]O)C1CO1. The highest BCUT2D eigenvalue weighted by atomic mass is 16.6. The molecule has 0 aromatic rings. The lowest BCUT2D eigenvalue weighted by molar-refractivity contribution is 0.294. The molecule has 2 unspecified atom stereocenters. The zero-order chi connectivity index (χ0) is 5.98. The summed E-state index contributed by atoms with van der Waals surface area (Å²) in [7, 11) is 0. The number of rotatable bonds is 3. The highest BCUT2D eigenvalue weighted by Gasteiger charge is 2.28. The maximum absolute atomic E-state index is 8.33. The number of aliphatic hydroxyl groups excluding tert-OH is 1. The van der Waals surface area contributed by atoms with Crippen LogP contribution in [-0.2, 0) is 4.74 Å². The lowest BCUT2D eigenvalue weighted by Gasteiger charge is -2.01. The number of aliphatic hydroxyl groups is 1. The van der Waals surface area contributed by atoms with E-state index in [-0.39, 0.29) is 0 Å². The molecule has 2 atom stereocenters. The van der Waals surface area contributed by atoms with E-state index in [0.717, 1.165) is 13.0 Å². The van der Waals surface area contributed by atoms with E-state index in [1.807, 2.05) is 0 Å². The van der Waals surface area contributed by atoms with Crippen LogP contribution in [0.2, 0.25) is 0 Å². The molecule has 0 aliphatic carbocycles. The van der Waals surface area contributed by atoms with Crippen molar-refractivity contribution in [3.05, 3.63) is 6.61 Å². The quantitative estimate of drug-likeness (QED) is 0.555. The molecular weight excluding hydrogens is 104 g/mol. The third kappa shape index (κ3) is 1.46. The van der Waals surface area contributed by atoms with Gasteiger partial charge >= 0.3 is 0 Å². The van der Waals surface area contributed by atoms with E-state index >= 15 is 0 Å². The average Bonchev–Trinajstić information content (AvgIpc) is 2.45. The first-order valence-corrected chi connectivity index (χ1v) is 2.92. The predicted octanol–water partition coefficient (Wildman–Crippen LogP) is 0.946. The number of ether oxygens (including phenoxy) is 1. The lowest BCUT2D eigenvalue weighted by Crippen LogP contribution is -2.02. The van der Waals surface area contributed by atoms with E-state index in [9.17, 15) is 0 Å². The second kappa shape index (κ2) is 2.46. The van der Waals surface area contributed by atoms with Crippen molar-refractivity contribution in [1.29, 1.82) is 0 Å². The van der Waals surface area contributed by atoms with Gasteiger partial charge in [-0.15, -0.1) is 0 Å². The molecule has 0 aromatic heterocycles. The van der Waals surface area contributed by atoms with Gasteiger partial charge in [-0.05, 0) is 12.3 Å². The lowest BCUT2D eigenvalue weighted by atomic mass is 10.1. The molecule has 1 N–H and O–H groups in total. The first-order chi connectivity index (χ1) is 3.84. The van der Waals surface area contributed by atoms with Gasteiger partial charge in [0, 0.05) is 0 Å². The second-order valence-corrected chi connectivity index (χ2v) is 2.27. The third-order valence-corrected chi connectivity index (χ3v) is 1.47. The Morgan fingerprint density at radius 1 is 2.00 bits per heavy atom. The first-order valence-electron chi connectivity index (χ1n) is 2.92. The first kappa shape index (κ1) is 6.05. The summed E-state index contributed by atoms with van der Waals surface area (Å²) >= 11 is 0. The summed E-state index contributed by atoms with van der Waals surface area (Å²) in [4.78, 5) is 0. The summed E-state index contributed by atoms with van der Waals surface area (Å²) in [6, 6.07) is 0. The highest BCUT2D eigenvalue weighted by molar-refractivity contribution is 4.77. The number of hydrogen-bond donors (Lipinski definition) is 1. The van der Waals surface area contributed by atoms with Crippen LogP contribution in [0.3, 0.4) is 0 Å². The molecule has 1 heterocycles. The summed E-state index contributed by atoms with van der Waals surface area (Å²) < 4.78 is 4.99. The highest BCUT2D eigenvalue weighted by Crippen LogP contribution is 2.22. The number of epoxide rings is 1. The van der Waals surface area contributed by atoms with Crippen LogP contribution in [0.25, 0.3) is 0 Å². The van der Waals surface area contributed by atoms with Crippen LogP contribution < -0.4 is 0 Å². The molecule has 1 radical (unpaired) electrons. The van der Waals surface area contributed by atoms with Gasteiger partial charge in [0.25, 0.3) is 0 Å². The molecule has 1 rings (SSSR count). The van der Waals surface area contributed by atoms with E-state index < -0.39 is 0 Å². The van der Waals surface area contributed by atoms with Crippen molar-refractivity contribution in [2.75, 3.05) is 6.61 Å². The van der Waals surface area contributed by atoms with Gasteiger partial charge in [-0.2, -0.15) is 0 Å². The van der Waals surface area contributed by atoms with Crippen LogP contribution in [0, 0.1) is 12.5 Å². The Labute approximate surface area is 49.5 Å². The van der Waals surface area contributed by atoms with Crippen LogP contribution in [-0.4, -0.2) is 17.8 Å². The van der Waals surface area contributed by atoms with Crippen molar-refractivity contribution in [3.8, 4) is 0 Å². The zero-order valence-corrected chi connectivity index (χ0v) is 5.00. The van der Waals surface area contributed by atoms with E-state index in [1.54, 1.807) is 0 Å². The van der Waals surface area contributed by atoms with Crippen molar-refractivity contribution in [3.63, 3.8) is 0 Å². The maximum Gasteiger partial charge on any atom is 0.0836 e. The fourth-order valence-corrected chi connectivity index (χ4v) is 0.702. The number of hydrogen-bond acceptors (Lipinski definition) is 2. The van der Waals surface area contributed by atoms with Gasteiger partial charge in [0.2, 0.25) is 0 Å². The summed E-state index contributed by atoms with van der Waals surface area (Å²) in [5.74, 6) is 0.500. The van der Waals surface area contributed by atoms with Crippen LogP contribution in [0.1, 0.15) is 13.3 Å². The van der Waals surface area contributed by atoms with Crippen LogP contribution >= 0.6 is 0 Å². The molecule has 1 saturated heterocycles. The summed E-state index contributed by atoms with van der Waals surface area (Å²) in [5, 5.41) is 8.33. The molecule has 1 aliphatic rings. The Morgan fingerprint density at radius 3 is 3.00 bits per heavy atom. The van der Waals surface area contributed by atoms with E-state index in [4.69, 9.17) is 9.84 Å². The Kier molecular flexibility index (Phi) is 1.86. The zero-order valence-electron chi connectivity index (χ0n) is 5.00. The van der Waals surface area contributed by atoms with Gasteiger partial charge in [-0.3, -0.25) is 0 Å². The minimum absolute atomic E-state index is 0.429. The van der Waals surface area contributed by atoms with Crippen LogP contribution in [0.5, 0.6) is 0 Å². The molecule has 1 aliphatic heterocycles. The molecule has 1 fully saturated rings. The van der Waals surface area contributed by atoms with Gasteiger partial charge in [-0.1, -0.05) is 6.92 Å². The van der Waals surface area contributed by atoms with E-state index in [1.165, 1.54) is 6.61 Å². The van der Waals surface area contributed by atoms with Crippen LogP contribution in [0.15, 0.2) is 0 Å². The normalized spacial score (nSPS) is 30.0. The standard InChI is InChI=1S/C6H11O2/c1-5(2-3-7)6-4-8-6/h3,5-7H,2,4H2,1H3. The molecule has 0 amide bonds. The molecule has 0 saturated carbocycles. The smallest absolute Gasteiger partial charge is 0.0836 e. The van der Waals surface area contributed by atoms with Crippen molar-refractivity contribution >= 4 is 0 Å². The van der Waals surface area contributed by atoms with Gasteiger partial charge < -0.3 is 9.84 Å². The van der Waals surface area contributed by atoms with Gasteiger partial charge in [0.05, 0.1) is 19.3 Å². The van der Waals surface area contributed by atoms with Crippen molar-refractivity contribution < 1.29 is 9.84 Å². The molecule has 2 heteroatoms. The molecule has 0 spiro atoms. The van der Waals surface area contributed by atoms with Gasteiger partial charge in [0.15, 0.2) is 0 Å². The Balaban J connectivity index is 2.03. The minimum atomic E-state index is 0.429. The van der Waals surface area contributed by atoms with Gasteiger partial charge in [-0.25, -0.2) is 0 Å². The maximum atomic E-state index is 8.33. The summed E-state index contributed by atoms with van der Waals surface area (Å²) in [6.45, 7) is 4.16. The fraction of sp³-hybridized carbons (Fsp3) is 0.833. The fourth-order valence-electron chi connectivity index (χ4n) is 0.702. The van der Waals surface area contributed by atoms with E-state index in [2.05, 4.69) is 6.92 Å². The summed E-state index contributed by atoms with van der Waals surface area (Å²) in [5.41, 5.74) is 0. The molecule has 47 valence electrons. The Morgan fingerprint density at radius 2 is 2.62 bits per heavy atom. The van der Waals surface area contributed by atoms with Crippen LogP contribution in [0.4, 0.5) is 0 Å². The van der Waals surface area contributed by atoms with Crippen molar-refractivity contribution in [2.24, 2.45) is 5.92 Å². The summed E-state index contributed by atoms with van der Waals surface area (Å²) in [6.07, 6.45) is 1.18.